The van der Waals surface area contributed by atoms with E-state index in [2.05, 4.69) is 4.98 Å². The van der Waals surface area contributed by atoms with Gasteiger partial charge in [-0.1, -0.05) is 24.3 Å². The van der Waals surface area contributed by atoms with Gasteiger partial charge in [0.05, 0.1) is 11.1 Å². The number of pyridine rings is 1. The molecule has 172 valence electrons. The van der Waals surface area contributed by atoms with Gasteiger partial charge in [0.25, 0.3) is 0 Å². The van der Waals surface area contributed by atoms with Gasteiger partial charge in [-0.05, 0) is 74.7 Å². The summed E-state index contributed by atoms with van der Waals surface area (Å²) in [5.41, 5.74) is 1.21. The van der Waals surface area contributed by atoms with Gasteiger partial charge in [-0.15, -0.1) is 0 Å². The summed E-state index contributed by atoms with van der Waals surface area (Å²) in [6.07, 6.45) is 3.90. The van der Waals surface area contributed by atoms with Crippen molar-refractivity contribution in [2.24, 2.45) is 0 Å². The largest absolute Gasteiger partial charge is 0.478 e. The van der Waals surface area contributed by atoms with E-state index in [4.69, 9.17) is 4.74 Å². The highest BCUT2D eigenvalue weighted by molar-refractivity contribution is 7.90. The van der Waals surface area contributed by atoms with Gasteiger partial charge in [-0.3, -0.25) is 4.79 Å². The van der Waals surface area contributed by atoms with Gasteiger partial charge in [0.15, 0.2) is 26.2 Å². The Morgan fingerprint density at radius 3 is 2.24 bits per heavy atom. The lowest BCUT2D eigenvalue weighted by Crippen LogP contribution is -2.38. The van der Waals surface area contributed by atoms with Gasteiger partial charge in [0.2, 0.25) is 0 Å². The van der Waals surface area contributed by atoms with Crippen molar-refractivity contribution in [2.75, 3.05) is 6.26 Å². The molecule has 3 aromatic rings. The predicted molar refractivity (Wildman–Crippen MR) is 126 cm³/mol. The molecule has 0 aliphatic carbocycles. The lowest BCUT2D eigenvalue weighted by molar-refractivity contribution is -0.152. The van der Waals surface area contributed by atoms with Crippen LogP contribution in [0.15, 0.2) is 53.6 Å². The standard InChI is InChI=1S/C25H25NO6S/c1-15-12-17(13-16(2)22(15)32-25(3,4)24(28)29)10-11-21(27)19-14-18-8-6-7-9-20(18)26-23(19)33(5,30)31/h6-14H,1-5H3,(H,28,29)/b11-10+. The highest BCUT2D eigenvalue weighted by Gasteiger charge is 2.30. The van der Waals surface area contributed by atoms with Crippen LogP contribution in [0.1, 0.15) is 40.9 Å². The smallest absolute Gasteiger partial charge is 0.347 e. The van der Waals surface area contributed by atoms with E-state index in [9.17, 15) is 23.1 Å². The maximum Gasteiger partial charge on any atom is 0.347 e. The van der Waals surface area contributed by atoms with E-state index in [1.54, 1.807) is 56.3 Å². The molecule has 0 unspecified atom stereocenters. The fraction of sp³-hybridized carbons (Fsp3) is 0.240. The van der Waals surface area contributed by atoms with E-state index in [1.165, 1.54) is 26.0 Å². The Labute approximate surface area is 192 Å². The highest BCUT2D eigenvalue weighted by atomic mass is 32.2. The van der Waals surface area contributed by atoms with Crippen molar-refractivity contribution >= 4 is 38.6 Å². The molecule has 1 aromatic heterocycles. The molecular formula is C25H25NO6S. The molecule has 0 aliphatic heterocycles. The van der Waals surface area contributed by atoms with E-state index in [0.717, 1.165) is 6.26 Å². The molecule has 0 radical (unpaired) electrons. The third-order valence-electron chi connectivity index (χ3n) is 5.09. The molecule has 0 aliphatic rings. The predicted octanol–water partition coefficient (Wildman–Crippen LogP) is 4.39. The Hall–Kier alpha value is -3.52. The average Bonchev–Trinajstić information content (AvgIpc) is 2.73. The first-order valence-electron chi connectivity index (χ1n) is 10.2. The van der Waals surface area contributed by atoms with Crippen LogP contribution in [-0.2, 0) is 14.6 Å². The summed E-state index contributed by atoms with van der Waals surface area (Å²) in [4.78, 5) is 28.5. The first-order valence-corrected chi connectivity index (χ1v) is 12.0. The topological polar surface area (TPSA) is 111 Å². The lowest BCUT2D eigenvalue weighted by Gasteiger charge is -2.24. The summed E-state index contributed by atoms with van der Waals surface area (Å²) in [5.74, 6) is -1.11. The number of carbonyl (C=O) groups is 2. The molecule has 1 heterocycles. The van der Waals surface area contributed by atoms with Crippen LogP contribution in [0, 0.1) is 13.8 Å². The normalized spacial score (nSPS) is 12.3. The fourth-order valence-corrected chi connectivity index (χ4v) is 4.18. The maximum atomic E-state index is 12.9. The number of aliphatic carboxylic acids is 1. The molecule has 3 rings (SSSR count). The first kappa shape index (κ1) is 24.1. The number of ether oxygens (including phenoxy) is 1. The number of aromatic nitrogens is 1. The van der Waals surface area contributed by atoms with Gasteiger partial charge < -0.3 is 9.84 Å². The van der Waals surface area contributed by atoms with Crippen molar-refractivity contribution in [1.82, 2.24) is 4.98 Å². The Morgan fingerprint density at radius 2 is 1.67 bits per heavy atom. The highest BCUT2D eigenvalue weighted by Crippen LogP contribution is 2.29. The summed E-state index contributed by atoms with van der Waals surface area (Å²) in [7, 11) is -3.73. The zero-order chi connectivity index (χ0) is 24.6. The van der Waals surface area contributed by atoms with Gasteiger partial charge in [-0.2, -0.15) is 0 Å². The number of nitrogens with zero attached hydrogens (tertiary/aromatic N) is 1. The van der Waals surface area contributed by atoms with E-state index in [1.807, 2.05) is 0 Å². The van der Waals surface area contributed by atoms with Crippen LogP contribution in [0.2, 0.25) is 0 Å². The molecule has 0 atom stereocenters. The maximum absolute atomic E-state index is 12.9. The van der Waals surface area contributed by atoms with Crippen molar-refractivity contribution in [3.63, 3.8) is 0 Å². The van der Waals surface area contributed by atoms with Crippen LogP contribution in [0.3, 0.4) is 0 Å². The van der Waals surface area contributed by atoms with Crippen molar-refractivity contribution in [3.05, 3.63) is 70.8 Å². The Bertz CT molecular complexity index is 1380. The number of carbonyl (C=O) groups excluding carboxylic acids is 1. The minimum absolute atomic E-state index is 0.00375. The van der Waals surface area contributed by atoms with E-state index < -0.39 is 27.2 Å². The molecule has 0 saturated carbocycles. The third-order valence-corrected chi connectivity index (χ3v) is 6.10. The number of hydrogen-bond donors (Lipinski definition) is 1. The SMILES string of the molecule is Cc1cc(/C=C/C(=O)c2cc3ccccc3nc2S(C)(=O)=O)cc(C)c1OC(C)(C)C(=O)O. The molecule has 0 saturated heterocycles. The monoisotopic (exact) mass is 467 g/mol. The average molecular weight is 468 g/mol. The Balaban J connectivity index is 1.97. The zero-order valence-corrected chi connectivity index (χ0v) is 19.9. The van der Waals surface area contributed by atoms with E-state index in [0.29, 0.717) is 33.3 Å². The minimum Gasteiger partial charge on any atom is -0.478 e. The van der Waals surface area contributed by atoms with Crippen molar-refractivity contribution in [1.29, 1.82) is 0 Å². The van der Waals surface area contributed by atoms with Crippen molar-refractivity contribution < 1.29 is 27.9 Å². The van der Waals surface area contributed by atoms with Gasteiger partial charge in [0.1, 0.15) is 5.75 Å². The van der Waals surface area contributed by atoms with Gasteiger partial charge in [0, 0.05) is 11.6 Å². The number of carboxylic acids is 1. The van der Waals surface area contributed by atoms with Crippen LogP contribution in [0.4, 0.5) is 0 Å². The van der Waals surface area contributed by atoms with Crippen molar-refractivity contribution in [3.8, 4) is 5.75 Å². The van der Waals surface area contributed by atoms with Crippen LogP contribution < -0.4 is 4.74 Å². The number of para-hydroxylation sites is 1. The minimum atomic E-state index is -3.73. The molecule has 33 heavy (non-hydrogen) atoms. The number of benzene rings is 2. The van der Waals surface area contributed by atoms with Crippen LogP contribution in [-0.4, -0.2) is 42.1 Å². The van der Waals surface area contributed by atoms with Crippen LogP contribution >= 0.6 is 0 Å². The summed E-state index contributed by atoms with van der Waals surface area (Å²) in [5, 5.41) is 9.72. The third kappa shape index (κ3) is 5.28. The molecule has 0 fully saturated rings. The van der Waals surface area contributed by atoms with Crippen molar-refractivity contribution in [2.45, 2.75) is 38.3 Å². The van der Waals surface area contributed by atoms with Gasteiger partial charge >= 0.3 is 5.97 Å². The number of ketones is 1. The van der Waals surface area contributed by atoms with E-state index >= 15 is 0 Å². The number of aryl methyl sites for hydroxylation is 2. The molecule has 0 spiro atoms. The second-order valence-electron chi connectivity index (χ2n) is 8.40. The Morgan fingerprint density at radius 1 is 1.06 bits per heavy atom. The van der Waals surface area contributed by atoms with Crippen LogP contribution in [0.5, 0.6) is 5.75 Å². The zero-order valence-electron chi connectivity index (χ0n) is 19.0. The number of hydrogen-bond acceptors (Lipinski definition) is 6. The summed E-state index contributed by atoms with van der Waals surface area (Å²) in [6.45, 7) is 6.51. The first-order chi connectivity index (χ1) is 15.3. The molecule has 1 N–H and O–H groups in total. The quantitative estimate of drug-likeness (QED) is 0.405. The number of sulfone groups is 1. The second-order valence-corrected chi connectivity index (χ2v) is 10.3. The molecule has 0 bridgehead atoms. The number of carboxylic acid groups (broad SMARTS) is 1. The molecule has 8 heteroatoms. The summed E-state index contributed by atoms with van der Waals surface area (Å²) >= 11 is 0. The molecule has 2 aromatic carbocycles. The summed E-state index contributed by atoms with van der Waals surface area (Å²) < 4.78 is 30.2. The van der Waals surface area contributed by atoms with E-state index in [-0.39, 0.29) is 10.6 Å². The summed E-state index contributed by atoms with van der Waals surface area (Å²) in [6, 6.07) is 12.1. The molecule has 0 amide bonds. The second kappa shape index (κ2) is 8.78. The fourth-order valence-electron chi connectivity index (χ4n) is 3.36. The van der Waals surface area contributed by atoms with Gasteiger partial charge in [-0.25, -0.2) is 18.2 Å². The van der Waals surface area contributed by atoms with Crippen LogP contribution in [0.25, 0.3) is 17.0 Å². The number of fused-ring (bicyclic) bond motifs is 1. The number of allylic oxidation sites excluding steroid dienone is 1. The number of rotatable bonds is 7. The molecule has 7 nitrogen and oxygen atoms in total. The Kier molecular flexibility index (Phi) is 6.42. The lowest BCUT2D eigenvalue weighted by atomic mass is 10.0. The molecular weight excluding hydrogens is 442 g/mol.